The Hall–Kier alpha value is -1.80. The molecule has 0 aromatic rings. The molecular formula is C54H102N2O6P+. The van der Waals surface area contributed by atoms with Gasteiger partial charge in [0.15, 0.2) is 0 Å². The lowest BCUT2D eigenvalue weighted by Gasteiger charge is -2.25. The Morgan fingerprint density at radius 2 is 0.968 bits per heavy atom. The van der Waals surface area contributed by atoms with E-state index < -0.39 is 20.0 Å². The quantitative estimate of drug-likeness (QED) is 0.0243. The number of amides is 1. The number of unbranched alkanes of at least 4 members (excludes halogenated alkanes) is 26. The number of allylic oxidation sites excluding steroid dienone is 9. The van der Waals surface area contributed by atoms with E-state index in [1.807, 2.05) is 27.2 Å². The van der Waals surface area contributed by atoms with Gasteiger partial charge in [0.1, 0.15) is 13.2 Å². The Labute approximate surface area is 390 Å². The first-order valence-electron chi connectivity index (χ1n) is 26.2. The standard InChI is InChI=1S/C54H101N2O6P/c1-6-8-10-12-14-16-18-20-22-23-24-25-26-27-28-29-30-31-32-34-35-37-39-41-43-45-47-53(57)52(51-62-63(59,60)61-50-49-56(3,4)5)55-54(58)48-46-44-42-40-38-36-33-21-19-17-15-13-11-9-7-2/h9,11,15,17,21,33,37,39,45,47,52-53,57H,6-8,10,12-14,16,18-20,22-32,34-36,38,40-44,46,48-51H2,1-5H3,(H-,55,58,59,60)/p+1/b11-9-,17-15-,33-21-,39-37+,47-45+. The molecular weight excluding hydrogens is 804 g/mol. The summed E-state index contributed by atoms with van der Waals surface area (Å²) in [4.78, 5) is 23.2. The van der Waals surface area contributed by atoms with Crippen LogP contribution in [-0.4, -0.2) is 73.4 Å². The van der Waals surface area contributed by atoms with Gasteiger partial charge in [0.05, 0.1) is 39.9 Å². The highest BCUT2D eigenvalue weighted by molar-refractivity contribution is 7.47. The third-order valence-corrected chi connectivity index (χ3v) is 12.5. The number of rotatable bonds is 47. The molecule has 0 saturated heterocycles. The van der Waals surface area contributed by atoms with E-state index in [1.165, 1.54) is 128 Å². The zero-order valence-electron chi connectivity index (χ0n) is 41.8. The predicted octanol–water partition coefficient (Wildman–Crippen LogP) is 15.4. The van der Waals surface area contributed by atoms with E-state index in [2.05, 4.69) is 67.8 Å². The number of nitrogens with one attached hydrogen (secondary N) is 1. The zero-order chi connectivity index (χ0) is 46.4. The summed E-state index contributed by atoms with van der Waals surface area (Å²) in [5, 5.41) is 13.9. The van der Waals surface area contributed by atoms with Crippen molar-refractivity contribution in [1.29, 1.82) is 0 Å². The minimum absolute atomic E-state index is 0.0503. The number of aliphatic hydroxyl groups excluding tert-OH is 1. The average Bonchev–Trinajstić information content (AvgIpc) is 3.24. The second-order valence-corrected chi connectivity index (χ2v) is 20.3. The molecule has 0 spiro atoms. The van der Waals surface area contributed by atoms with E-state index in [9.17, 15) is 19.4 Å². The first-order chi connectivity index (χ1) is 30.5. The number of hydrogen-bond acceptors (Lipinski definition) is 5. The molecule has 8 nitrogen and oxygen atoms in total. The number of carbonyl (C=O) groups is 1. The van der Waals surface area contributed by atoms with E-state index in [0.717, 1.165) is 77.0 Å². The number of quaternary nitrogens is 1. The molecule has 0 bridgehead atoms. The van der Waals surface area contributed by atoms with Crippen LogP contribution in [-0.2, 0) is 18.4 Å². The first-order valence-corrected chi connectivity index (χ1v) is 27.7. The van der Waals surface area contributed by atoms with Crippen LogP contribution >= 0.6 is 7.82 Å². The van der Waals surface area contributed by atoms with Crippen LogP contribution in [0.1, 0.15) is 226 Å². The van der Waals surface area contributed by atoms with Gasteiger partial charge in [-0.2, -0.15) is 0 Å². The lowest BCUT2D eigenvalue weighted by atomic mass is 10.0. The SMILES string of the molecule is CC/C=C\C/C=C\C/C=C\CCCCCCCC(=O)NC(COP(=O)(O)OCC[N+](C)(C)C)C(O)/C=C/CC/C=C/CCCCCCCCCCCCCCCCCCCCCC. The number of likely N-dealkylation sites (N-methyl/N-ethyl adjacent to an activating group) is 1. The smallest absolute Gasteiger partial charge is 0.387 e. The molecule has 0 fully saturated rings. The fourth-order valence-electron chi connectivity index (χ4n) is 7.37. The summed E-state index contributed by atoms with van der Waals surface area (Å²) >= 11 is 0. The van der Waals surface area contributed by atoms with E-state index in [0.29, 0.717) is 17.4 Å². The van der Waals surface area contributed by atoms with Crippen molar-refractivity contribution in [3.05, 3.63) is 60.8 Å². The molecule has 63 heavy (non-hydrogen) atoms. The molecule has 1 amide bonds. The van der Waals surface area contributed by atoms with Crippen molar-refractivity contribution < 1.29 is 32.9 Å². The minimum Gasteiger partial charge on any atom is -0.387 e. The molecule has 3 atom stereocenters. The van der Waals surface area contributed by atoms with Gasteiger partial charge in [-0.05, 0) is 64.2 Å². The number of phosphoric ester groups is 1. The van der Waals surface area contributed by atoms with Crippen LogP contribution in [0.3, 0.4) is 0 Å². The third kappa shape index (κ3) is 48.0. The molecule has 0 aromatic carbocycles. The van der Waals surface area contributed by atoms with Crippen LogP contribution in [0.15, 0.2) is 60.8 Å². The Balaban J connectivity index is 4.30. The van der Waals surface area contributed by atoms with Gasteiger partial charge in [-0.1, -0.05) is 216 Å². The summed E-state index contributed by atoms with van der Waals surface area (Å²) in [6.45, 7) is 4.67. The maximum Gasteiger partial charge on any atom is 0.472 e. The molecule has 3 N–H and O–H groups in total. The van der Waals surface area contributed by atoms with Gasteiger partial charge in [0.2, 0.25) is 5.91 Å². The predicted molar refractivity (Wildman–Crippen MR) is 272 cm³/mol. The largest absolute Gasteiger partial charge is 0.472 e. The van der Waals surface area contributed by atoms with Crippen molar-refractivity contribution in [2.45, 2.75) is 238 Å². The maximum absolute atomic E-state index is 12.9. The maximum atomic E-state index is 12.9. The first kappa shape index (κ1) is 61.2. The van der Waals surface area contributed by atoms with Gasteiger partial charge in [-0.25, -0.2) is 4.57 Å². The lowest BCUT2D eigenvalue weighted by molar-refractivity contribution is -0.870. The van der Waals surface area contributed by atoms with Crippen LogP contribution in [0.4, 0.5) is 0 Å². The summed E-state index contributed by atoms with van der Waals surface area (Å²) in [7, 11) is 1.54. The van der Waals surface area contributed by atoms with Crippen molar-refractivity contribution in [3.63, 3.8) is 0 Å². The molecule has 0 aliphatic carbocycles. The average molecular weight is 906 g/mol. The van der Waals surface area contributed by atoms with Gasteiger partial charge in [-0.15, -0.1) is 0 Å². The molecule has 0 aliphatic rings. The topological polar surface area (TPSA) is 105 Å². The van der Waals surface area contributed by atoms with Gasteiger partial charge >= 0.3 is 7.82 Å². The fourth-order valence-corrected chi connectivity index (χ4v) is 8.10. The van der Waals surface area contributed by atoms with Crippen LogP contribution in [0, 0.1) is 0 Å². The highest BCUT2D eigenvalue weighted by atomic mass is 31.2. The molecule has 0 saturated carbocycles. The monoisotopic (exact) mass is 906 g/mol. The molecule has 368 valence electrons. The number of carbonyl (C=O) groups excluding carboxylic acids is 1. The van der Waals surface area contributed by atoms with Gasteiger partial charge < -0.3 is 19.8 Å². The second-order valence-electron chi connectivity index (χ2n) is 18.9. The van der Waals surface area contributed by atoms with Gasteiger partial charge in [0, 0.05) is 6.42 Å². The van der Waals surface area contributed by atoms with E-state index in [1.54, 1.807) is 6.08 Å². The number of phosphoric acid groups is 1. The van der Waals surface area contributed by atoms with Crippen LogP contribution < -0.4 is 5.32 Å². The summed E-state index contributed by atoms with van der Waals surface area (Å²) in [5.41, 5.74) is 0. The van der Waals surface area contributed by atoms with Crippen molar-refractivity contribution >= 4 is 13.7 Å². The van der Waals surface area contributed by atoms with Crippen LogP contribution in [0.25, 0.3) is 0 Å². The molecule has 0 heterocycles. The molecule has 0 radical (unpaired) electrons. The Bertz CT molecular complexity index is 1210. The summed E-state index contributed by atoms with van der Waals surface area (Å²) in [5.74, 6) is -0.205. The lowest BCUT2D eigenvalue weighted by Crippen LogP contribution is -2.45. The normalized spacial score (nSPS) is 14.6. The molecule has 9 heteroatoms. The van der Waals surface area contributed by atoms with E-state index in [-0.39, 0.29) is 19.1 Å². The van der Waals surface area contributed by atoms with Crippen LogP contribution in [0.2, 0.25) is 0 Å². The molecule has 0 aromatic heterocycles. The Morgan fingerprint density at radius 1 is 0.556 bits per heavy atom. The summed E-state index contributed by atoms with van der Waals surface area (Å²) in [6, 6.07) is -0.875. The molecule has 3 unspecified atom stereocenters. The molecule has 0 rings (SSSR count). The van der Waals surface area contributed by atoms with Crippen molar-refractivity contribution in [3.8, 4) is 0 Å². The number of hydrogen-bond donors (Lipinski definition) is 3. The third-order valence-electron chi connectivity index (χ3n) is 11.5. The zero-order valence-corrected chi connectivity index (χ0v) is 42.7. The minimum atomic E-state index is -4.36. The Morgan fingerprint density at radius 3 is 1.46 bits per heavy atom. The summed E-state index contributed by atoms with van der Waals surface area (Å²) < 4.78 is 23.6. The second kappa shape index (κ2) is 45.4. The number of aliphatic hydroxyl groups is 1. The highest BCUT2D eigenvalue weighted by Crippen LogP contribution is 2.43. The fraction of sp³-hybridized carbons (Fsp3) is 0.796. The Kier molecular flexibility index (Phi) is 44.1. The molecule has 0 aliphatic heterocycles. The summed E-state index contributed by atoms with van der Waals surface area (Å²) in [6.07, 6.45) is 60.4. The van der Waals surface area contributed by atoms with Crippen molar-refractivity contribution in [2.75, 3.05) is 40.9 Å². The number of nitrogens with zero attached hydrogens (tertiary/aromatic N) is 1. The highest BCUT2D eigenvalue weighted by Gasteiger charge is 2.27. The van der Waals surface area contributed by atoms with Crippen LogP contribution in [0.5, 0.6) is 0 Å². The van der Waals surface area contributed by atoms with Crippen molar-refractivity contribution in [1.82, 2.24) is 5.32 Å². The van der Waals surface area contributed by atoms with E-state index in [4.69, 9.17) is 9.05 Å². The van der Waals surface area contributed by atoms with E-state index >= 15 is 0 Å². The van der Waals surface area contributed by atoms with Crippen molar-refractivity contribution in [2.24, 2.45) is 0 Å². The van der Waals surface area contributed by atoms with Gasteiger partial charge in [0.25, 0.3) is 0 Å². The van der Waals surface area contributed by atoms with Gasteiger partial charge in [-0.3, -0.25) is 13.8 Å².